The van der Waals surface area contributed by atoms with Gasteiger partial charge >= 0.3 is 0 Å². The van der Waals surface area contributed by atoms with E-state index in [9.17, 15) is 9.90 Å². The summed E-state index contributed by atoms with van der Waals surface area (Å²) in [6.45, 7) is 3.09. The summed E-state index contributed by atoms with van der Waals surface area (Å²) >= 11 is 0. The summed E-state index contributed by atoms with van der Waals surface area (Å²) in [4.78, 5) is 18.8. The average molecular weight is 277 g/mol. The third-order valence-electron chi connectivity index (χ3n) is 3.75. The van der Waals surface area contributed by atoms with E-state index in [4.69, 9.17) is 0 Å². The van der Waals surface area contributed by atoms with E-state index in [1.165, 1.54) is 0 Å². The fourth-order valence-electron chi connectivity index (χ4n) is 2.81. The number of nitrogens with zero attached hydrogens (tertiary/aromatic N) is 2. The Morgan fingerprint density at radius 1 is 1.50 bits per heavy atom. The number of carbonyl (C=O) groups is 1. The van der Waals surface area contributed by atoms with E-state index in [1.54, 1.807) is 18.3 Å². The van der Waals surface area contributed by atoms with E-state index < -0.39 is 0 Å². The van der Waals surface area contributed by atoms with Gasteiger partial charge in [0.2, 0.25) is 0 Å². The maximum atomic E-state index is 12.8. The minimum Gasteiger partial charge on any atom is -0.395 e. The summed E-state index contributed by atoms with van der Waals surface area (Å²) in [5, 5.41) is 12.4. The van der Waals surface area contributed by atoms with E-state index >= 15 is 0 Å². The second-order valence-electron chi connectivity index (χ2n) is 5.09. The van der Waals surface area contributed by atoms with Crippen LogP contribution in [0.2, 0.25) is 0 Å². The van der Waals surface area contributed by atoms with Crippen LogP contribution in [0.15, 0.2) is 18.3 Å². The Kier molecular flexibility index (Phi) is 5.35. The standard InChI is InChI=1S/C15H23N3O2/c1-2-16-14-13(8-5-9-17-14)15(20)18(10-11-19)12-6-3-4-7-12/h5,8-9,12,19H,2-4,6-7,10-11H2,1H3,(H,16,17). The van der Waals surface area contributed by atoms with Crippen LogP contribution in [0.25, 0.3) is 0 Å². The van der Waals surface area contributed by atoms with Gasteiger partial charge in [0.05, 0.1) is 12.2 Å². The van der Waals surface area contributed by atoms with Crippen LogP contribution in [0.3, 0.4) is 0 Å². The predicted molar refractivity (Wildman–Crippen MR) is 78.8 cm³/mol. The molecule has 2 N–H and O–H groups in total. The molecule has 1 aromatic rings. The average Bonchev–Trinajstić information content (AvgIpc) is 2.99. The first kappa shape index (κ1) is 14.8. The Morgan fingerprint density at radius 2 is 2.25 bits per heavy atom. The summed E-state index contributed by atoms with van der Waals surface area (Å²) in [7, 11) is 0. The molecule has 1 aromatic heterocycles. The van der Waals surface area contributed by atoms with Gasteiger partial charge in [0.1, 0.15) is 5.82 Å². The molecule has 1 aliphatic rings. The van der Waals surface area contributed by atoms with Gasteiger partial charge in [-0.25, -0.2) is 4.98 Å². The van der Waals surface area contributed by atoms with Crippen molar-refractivity contribution < 1.29 is 9.90 Å². The van der Waals surface area contributed by atoms with Crippen molar-refractivity contribution in [1.29, 1.82) is 0 Å². The van der Waals surface area contributed by atoms with Crippen LogP contribution < -0.4 is 5.32 Å². The third kappa shape index (κ3) is 3.28. The molecule has 1 saturated carbocycles. The maximum absolute atomic E-state index is 12.8. The van der Waals surface area contributed by atoms with Gasteiger partial charge in [-0.05, 0) is 31.9 Å². The van der Waals surface area contributed by atoms with Crippen LogP contribution in [-0.4, -0.2) is 46.6 Å². The minimum atomic E-state index is -0.0324. The molecule has 0 spiro atoms. The lowest BCUT2D eigenvalue weighted by molar-refractivity contribution is 0.0638. The summed E-state index contributed by atoms with van der Waals surface area (Å²) in [5.41, 5.74) is 0.592. The number of nitrogens with one attached hydrogen (secondary N) is 1. The second kappa shape index (κ2) is 7.24. The van der Waals surface area contributed by atoms with Gasteiger partial charge in [-0.15, -0.1) is 0 Å². The number of hydrogen-bond donors (Lipinski definition) is 2. The molecule has 0 radical (unpaired) electrons. The second-order valence-corrected chi connectivity index (χ2v) is 5.09. The molecule has 20 heavy (non-hydrogen) atoms. The SMILES string of the molecule is CCNc1ncccc1C(=O)N(CCO)C1CCCC1. The highest BCUT2D eigenvalue weighted by Crippen LogP contribution is 2.26. The zero-order valence-electron chi connectivity index (χ0n) is 12.0. The number of pyridine rings is 1. The van der Waals surface area contributed by atoms with E-state index in [0.29, 0.717) is 17.9 Å². The van der Waals surface area contributed by atoms with Crippen molar-refractivity contribution in [3.8, 4) is 0 Å². The first-order chi connectivity index (χ1) is 9.77. The zero-order chi connectivity index (χ0) is 14.4. The largest absolute Gasteiger partial charge is 0.395 e. The Bertz CT molecular complexity index is 444. The van der Waals surface area contributed by atoms with Gasteiger partial charge < -0.3 is 15.3 Å². The lowest BCUT2D eigenvalue weighted by Gasteiger charge is -2.29. The number of anilines is 1. The maximum Gasteiger partial charge on any atom is 0.257 e. The lowest BCUT2D eigenvalue weighted by Crippen LogP contribution is -2.41. The molecule has 5 heteroatoms. The zero-order valence-corrected chi connectivity index (χ0v) is 12.0. The van der Waals surface area contributed by atoms with Crippen LogP contribution >= 0.6 is 0 Å². The van der Waals surface area contributed by atoms with Crippen LogP contribution in [0.5, 0.6) is 0 Å². The first-order valence-electron chi connectivity index (χ1n) is 7.38. The summed E-state index contributed by atoms with van der Waals surface area (Å²) in [5.74, 6) is 0.593. The number of aromatic nitrogens is 1. The van der Waals surface area contributed by atoms with Crippen molar-refractivity contribution >= 4 is 11.7 Å². The number of hydrogen-bond acceptors (Lipinski definition) is 4. The van der Waals surface area contributed by atoms with Gasteiger partial charge in [0.25, 0.3) is 5.91 Å². The summed E-state index contributed by atoms with van der Waals surface area (Å²) in [6, 6.07) is 3.83. The molecule has 0 aliphatic heterocycles. The molecule has 5 nitrogen and oxygen atoms in total. The van der Waals surface area contributed by atoms with E-state index in [-0.39, 0.29) is 18.6 Å². The van der Waals surface area contributed by atoms with E-state index in [1.807, 2.05) is 11.8 Å². The predicted octanol–water partition coefficient (Wildman–Crippen LogP) is 1.89. The highest BCUT2D eigenvalue weighted by molar-refractivity contribution is 5.98. The van der Waals surface area contributed by atoms with Crippen molar-refractivity contribution in [2.45, 2.75) is 38.6 Å². The van der Waals surface area contributed by atoms with Crippen LogP contribution in [0.1, 0.15) is 43.0 Å². The Morgan fingerprint density at radius 3 is 2.90 bits per heavy atom. The van der Waals surface area contributed by atoms with Crippen LogP contribution in [0.4, 0.5) is 5.82 Å². The smallest absolute Gasteiger partial charge is 0.257 e. The van der Waals surface area contributed by atoms with Gasteiger partial charge in [-0.1, -0.05) is 12.8 Å². The molecule has 110 valence electrons. The molecule has 1 aliphatic carbocycles. The Balaban J connectivity index is 2.22. The summed E-state index contributed by atoms with van der Waals surface area (Å²) in [6.07, 6.45) is 6.06. The molecule has 1 fully saturated rings. The normalized spacial score (nSPS) is 15.3. The molecule has 0 unspecified atom stereocenters. The van der Waals surface area contributed by atoms with Gasteiger partial charge in [0, 0.05) is 25.3 Å². The van der Waals surface area contributed by atoms with Gasteiger partial charge in [0.15, 0.2) is 0 Å². The fraction of sp³-hybridized carbons (Fsp3) is 0.600. The monoisotopic (exact) mass is 277 g/mol. The molecule has 1 heterocycles. The van der Waals surface area contributed by atoms with Gasteiger partial charge in [-0.2, -0.15) is 0 Å². The van der Waals surface area contributed by atoms with Crippen molar-refractivity contribution in [3.05, 3.63) is 23.9 Å². The first-order valence-corrected chi connectivity index (χ1v) is 7.38. The van der Waals surface area contributed by atoms with Crippen LogP contribution in [0, 0.1) is 0 Å². The van der Waals surface area contributed by atoms with Crippen molar-refractivity contribution in [3.63, 3.8) is 0 Å². The molecule has 2 rings (SSSR count). The molecule has 0 saturated heterocycles. The van der Waals surface area contributed by atoms with Crippen LogP contribution in [-0.2, 0) is 0 Å². The molecule has 0 bridgehead atoms. The van der Waals surface area contributed by atoms with Crippen molar-refractivity contribution in [2.24, 2.45) is 0 Å². The topological polar surface area (TPSA) is 65.5 Å². The highest BCUT2D eigenvalue weighted by atomic mass is 16.3. The molecule has 0 aromatic carbocycles. The number of rotatable bonds is 6. The number of carbonyl (C=O) groups excluding carboxylic acids is 1. The van der Waals surface area contributed by atoms with Crippen molar-refractivity contribution in [1.82, 2.24) is 9.88 Å². The minimum absolute atomic E-state index is 0.000951. The van der Waals surface area contributed by atoms with E-state index in [2.05, 4.69) is 10.3 Å². The third-order valence-corrected chi connectivity index (χ3v) is 3.75. The molecule has 1 amide bonds. The molecular weight excluding hydrogens is 254 g/mol. The van der Waals surface area contributed by atoms with Crippen molar-refractivity contribution in [2.75, 3.05) is 25.0 Å². The number of amides is 1. The Labute approximate surface area is 120 Å². The van der Waals surface area contributed by atoms with E-state index in [0.717, 1.165) is 32.2 Å². The number of aliphatic hydroxyl groups is 1. The van der Waals surface area contributed by atoms with Gasteiger partial charge in [-0.3, -0.25) is 4.79 Å². The highest BCUT2D eigenvalue weighted by Gasteiger charge is 2.28. The number of aliphatic hydroxyl groups excluding tert-OH is 1. The Hall–Kier alpha value is -1.62. The molecule has 0 atom stereocenters. The summed E-state index contributed by atoms with van der Waals surface area (Å²) < 4.78 is 0. The lowest BCUT2D eigenvalue weighted by atomic mass is 10.1. The quantitative estimate of drug-likeness (QED) is 0.833. The fourth-order valence-corrected chi connectivity index (χ4v) is 2.81. The molecular formula is C15H23N3O2.